The largest absolute Gasteiger partial charge is 0.462 e. The van der Waals surface area contributed by atoms with Gasteiger partial charge in [-0.1, -0.05) is 60.0 Å². The Kier molecular flexibility index (Phi) is 11.2. The number of nitro groups is 1. The van der Waals surface area contributed by atoms with E-state index in [2.05, 4.69) is 5.32 Å². The van der Waals surface area contributed by atoms with Crippen molar-refractivity contribution < 1.29 is 43.4 Å². The van der Waals surface area contributed by atoms with Crippen LogP contribution in [0.2, 0.25) is 10.0 Å². The Morgan fingerprint density at radius 2 is 1.92 bits per heavy atom. The lowest BCUT2D eigenvalue weighted by atomic mass is 9.78. The van der Waals surface area contributed by atoms with Crippen LogP contribution in [0.5, 0.6) is 0 Å². The fourth-order valence-corrected chi connectivity index (χ4v) is 7.34. The number of rotatable bonds is 4. The van der Waals surface area contributed by atoms with Crippen LogP contribution in [0.25, 0.3) is 0 Å². The third-order valence-electron chi connectivity index (χ3n) is 9.85. The minimum atomic E-state index is -1.59. The number of fused-ring (bicyclic) bond motifs is 5. The number of carbonyl (C=O) groups excluding carboxylic acids is 3. The maximum atomic E-state index is 14.0. The van der Waals surface area contributed by atoms with Crippen LogP contribution in [0.1, 0.15) is 51.2 Å². The second-order valence-electron chi connectivity index (χ2n) is 13.7. The van der Waals surface area contributed by atoms with Gasteiger partial charge in [0.05, 0.1) is 45.3 Å². The molecule has 2 aromatic carbocycles. The monoisotopic (exact) mass is 745 g/mol. The summed E-state index contributed by atoms with van der Waals surface area (Å²) in [5, 5.41) is 25.7. The molecule has 0 aliphatic carbocycles. The molecule has 274 valence electrons. The summed E-state index contributed by atoms with van der Waals surface area (Å²) < 4.78 is 23.5. The van der Waals surface area contributed by atoms with Crippen LogP contribution in [0.15, 0.2) is 54.1 Å². The summed E-state index contributed by atoms with van der Waals surface area (Å²) in [5.74, 6) is -1.56. The van der Waals surface area contributed by atoms with Gasteiger partial charge in [0.1, 0.15) is 29.5 Å². The summed E-state index contributed by atoms with van der Waals surface area (Å²) in [6, 6.07) is 7.30. The van der Waals surface area contributed by atoms with Crippen LogP contribution in [-0.4, -0.2) is 77.8 Å². The Morgan fingerprint density at radius 3 is 2.59 bits per heavy atom. The minimum Gasteiger partial charge on any atom is -0.462 e. The maximum Gasteiger partial charge on any atom is 0.412 e. The average molecular weight is 747 g/mol. The second kappa shape index (κ2) is 14.9. The highest BCUT2D eigenvalue weighted by atomic mass is 35.5. The number of benzene rings is 2. The number of allylic oxidation sites excluding steroid dienone is 3. The second-order valence-corrected chi connectivity index (χ2v) is 14.5. The first kappa shape index (κ1) is 38.2. The number of amides is 2. The van der Waals surface area contributed by atoms with Gasteiger partial charge in [0.15, 0.2) is 0 Å². The molecule has 2 fully saturated rings. The van der Waals surface area contributed by atoms with Gasteiger partial charge in [0.2, 0.25) is 5.91 Å². The van der Waals surface area contributed by atoms with E-state index in [1.165, 1.54) is 24.1 Å². The number of nitrogens with one attached hydrogen (secondary N) is 1. The van der Waals surface area contributed by atoms with E-state index < -0.39 is 64.4 Å². The van der Waals surface area contributed by atoms with Crippen molar-refractivity contribution in [2.75, 3.05) is 24.4 Å². The molecule has 15 heteroatoms. The number of aryl methyl sites for hydroxylation is 1. The molecule has 0 radical (unpaired) electrons. The van der Waals surface area contributed by atoms with Crippen molar-refractivity contribution in [2.24, 2.45) is 5.92 Å². The van der Waals surface area contributed by atoms with Crippen LogP contribution < -0.4 is 10.2 Å². The standard InChI is InChI=1S/C36H41Cl2N3O10/c1-19-8-7-9-28(48-6)36(45)17-27(49-31(43)18-36)21(3)33-35(4,51-33)29(50-34(44)39-25-11-10-23(41(46)47)15-24(25)37)16-30(42)40(5)26-14-22(12-19)13-20(2)32(26)38/h7-11,13-15,21,27-29,33,45H,12,16-18H2,1-6H3,(H,39,44)/b9-7+,19-8+/t21-,27+,28-,29+,33+,35+,36-/m1/s1. The minimum absolute atomic E-state index is 0.0390. The highest BCUT2D eigenvalue weighted by molar-refractivity contribution is 6.34. The summed E-state index contributed by atoms with van der Waals surface area (Å²) in [4.78, 5) is 52.2. The van der Waals surface area contributed by atoms with Crippen molar-refractivity contribution in [1.29, 1.82) is 0 Å². The van der Waals surface area contributed by atoms with E-state index >= 15 is 0 Å². The molecule has 51 heavy (non-hydrogen) atoms. The number of anilines is 2. The molecule has 5 rings (SSSR count). The van der Waals surface area contributed by atoms with Crippen molar-refractivity contribution in [3.05, 3.63) is 85.4 Å². The lowest BCUT2D eigenvalue weighted by molar-refractivity contribution is -0.384. The molecule has 2 aromatic rings. The molecule has 2 amide bonds. The molecule has 2 saturated heterocycles. The molecule has 13 nitrogen and oxygen atoms in total. The molecule has 3 aliphatic rings. The van der Waals surface area contributed by atoms with Gasteiger partial charge < -0.3 is 29.0 Å². The van der Waals surface area contributed by atoms with Gasteiger partial charge in [-0.05, 0) is 50.5 Å². The molecule has 0 unspecified atom stereocenters. The first-order valence-corrected chi connectivity index (χ1v) is 17.1. The topological polar surface area (TPSA) is 170 Å². The summed E-state index contributed by atoms with van der Waals surface area (Å²) >= 11 is 12.9. The summed E-state index contributed by atoms with van der Waals surface area (Å²) in [6.07, 6.45) is 0.856. The summed E-state index contributed by atoms with van der Waals surface area (Å²) in [5.41, 5.74) is 0.0526. The van der Waals surface area contributed by atoms with Crippen LogP contribution in [0, 0.1) is 23.0 Å². The fourth-order valence-electron chi connectivity index (χ4n) is 6.88. The molecule has 0 aromatic heterocycles. The predicted molar refractivity (Wildman–Crippen MR) is 190 cm³/mol. The van der Waals surface area contributed by atoms with E-state index in [0.29, 0.717) is 17.1 Å². The van der Waals surface area contributed by atoms with Crippen LogP contribution >= 0.6 is 23.2 Å². The van der Waals surface area contributed by atoms with Crippen molar-refractivity contribution >= 4 is 58.2 Å². The Bertz CT molecular complexity index is 1800. The Balaban J connectivity index is 1.52. The quantitative estimate of drug-likeness (QED) is 0.153. The van der Waals surface area contributed by atoms with Crippen molar-refractivity contribution in [2.45, 2.75) is 89.0 Å². The van der Waals surface area contributed by atoms with Gasteiger partial charge in [0.25, 0.3) is 5.69 Å². The highest BCUT2D eigenvalue weighted by Crippen LogP contribution is 2.49. The first-order valence-electron chi connectivity index (χ1n) is 16.4. The maximum absolute atomic E-state index is 14.0. The third-order valence-corrected chi connectivity index (χ3v) is 10.7. The number of methoxy groups -OCH3 is 1. The molecular formula is C36H41Cl2N3O10. The zero-order valence-electron chi connectivity index (χ0n) is 29.1. The molecule has 0 saturated carbocycles. The highest BCUT2D eigenvalue weighted by Gasteiger charge is 2.64. The zero-order chi connectivity index (χ0) is 37.4. The number of carbonyl (C=O) groups is 3. The smallest absolute Gasteiger partial charge is 0.412 e. The van der Waals surface area contributed by atoms with E-state index in [9.17, 15) is 29.6 Å². The summed E-state index contributed by atoms with van der Waals surface area (Å²) in [6.45, 7) is 7.27. The van der Waals surface area contributed by atoms with E-state index in [1.807, 2.05) is 32.1 Å². The van der Waals surface area contributed by atoms with E-state index in [0.717, 1.165) is 22.8 Å². The van der Waals surface area contributed by atoms with Gasteiger partial charge >= 0.3 is 12.1 Å². The van der Waals surface area contributed by atoms with E-state index in [4.69, 9.17) is 42.1 Å². The van der Waals surface area contributed by atoms with Crippen molar-refractivity contribution in [3.8, 4) is 0 Å². The number of nitrogens with zero attached hydrogens (tertiary/aromatic N) is 2. The van der Waals surface area contributed by atoms with Gasteiger partial charge in [-0.25, -0.2) is 4.79 Å². The fraction of sp³-hybridized carbons (Fsp3) is 0.472. The number of nitro benzene ring substituents is 1. The van der Waals surface area contributed by atoms with Gasteiger partial charge in [-0.3, -0.25) is 25.0 Å². The number of halogens is 2. The first-order chi connectivity index (χ1) is 23.9. The predicted octanol–water partition coefficient (Wildman–Crippen LogP) is 6.48. The number of epoxide rings is 1. The van der Waals surface area contributed by atoms with Gasteiger partial charge in [0, 0.05) is 38.6 Å². The number of hydrogen-bond acceptors (Lipinski definition) is 10. The number of esters is 1. The lowest BCUT2D eigenvalue weighted by Crippen LogP contribution is -2.53. The van der Waals surface area contributed by atoms with Crippen LogP contribution in [0.4, 0.5) is 21.9 Å². The molecule has 2 N–H and O–H groups in total. The van der Waals surface area contributed by atoms with Crippen molar-refractivity contribution in [3.63, 3.8) is 0 Å². The Morgan fingerprint density at radius 1 is 1.20 bits per heavy atom. The SMILES string of the molecule is CO[C@@H]1/C=C/C=C(\C)Cc2cc(C)c(Cl)c(c2)N(C)C(=O)C[C@H](OC(=O)Nc2ccc([N+](=O)[O-])cc2Cl)[C@]2(C)O[C@H]2[C@H](C)[C@@H]2C[C@@]1(O)CC(=O)O2. The van der Waals surface area contributed by atoms with Gasteiger partial charge in [-0.15, -0.1) is 0 Å². The van der Waals surface area contributed by atoms with E-state index in [1.54, 1.807) is 33.0 Å². The van der Waals surface area contributed by atoms with Crippen LogP contribution in [-0.2, 0) is 35.0 Å². The number of hydrogen-bond donors (Lipinski definition) is 2. The zero-order valence-corrected chi connectivity index (χ0v) is 30.6. The number of non-ortho nitro benzene ring substituents is 1. The summed E-state index contributed by atoms with van der Waals surface area (Å²) in [7, 11) is 3.04. The van der Waals surface area contributed by atoms with Crippen LogP contribution in [0.3, 0.4) is 0 Å². The third kappa shape index (κ3) is 8.23. The molecule has 7 atom stereocenters. The average Bonchev–Trinajstić information content (AvgIpc) is 3.75. The van der Waals surface area contributed by atoms with Crippen molar-refractivity contribution in [1.82, 2.24) is 0 Å². The lowest BCUT2D eigenvalue weighted by Gasteiger charge is -2.41. The van der Waals surface area contributed by atoms with Gasteiger partial charge in [-0.2, -0.15) is 0 Å². The number of aliphatic hydroxyl groups is 1. The number of ether oxygens (including phenoxy) is 4. The Labute approximate surface area is 305 Å². The molecular weight excluding hydrogens is 705 g/mol. The Hall–Kier alpha value is -4.01. The molecule has 3 heterocycles. The van der Waals surface area contributed by atoms with E-state index in [-0.39, 0.29) is 35.7 Å². The molecule has 4 bridgehead atoms. The molecule has 0 spiro atoms. The molecule has 3 aliphatic heterocycles. The normalized spacial score (nSPS) is 31.4.